The number of benzene rings is 1. The summed E-state index contributed by atoms with van der Waals surface area (Å²) in [5.74, 6) is -0.110. The molecule has 5 rings (SSSR count). The van der Waals surface area contributed by atoms with E-state index in [4.69, 9.17) is 0 Å². The summed E-state index contributed by atoms with van der Waals surface area (Å²) in [5.41, 5.74) is 1.61. The number of hydrogen-bond donors (Lipinski definition) is 1. The van der Waals surface area contributed by atoms with E-state index < -0.39 is 24.7 Å². The number of ketones is 1. The van der Waals surface area contributed by atoms with Crippen LogP contribution in [0.15, 0.2) is 36.7 Å². The van der Waals surface area contributed by atoms with Gasteiger partial charge in [-0.3, -0.25) is 14.3 Å². The van der Waals surface area contributed by atoms with Crippen molar-refractivity contribution in [1.29, 1.82) is 5.26 Å². The Morgan fingerprint density at radius 1 is 1.24 bits per heavy atom. The molecule has 4 heterocycles. The molecule has 1 N–H and O–H groups in total. The van der Waals surface area contributed by atoms with Crippen molar-refractivity contribution in [2.45, 2.75) is 51.2 Å². The van der Waals surface area contributed by atoms with Crippen molar-refractivity contribution >= 4 is 44.1 Å². The zero-order valence-electron chi connectivity index (χ0n) is 20.4. The van der Waals surface area contributed by atoms with Crippen molar-refractivity contribution in [3.8, 4) is 6.07 Å². The lowest BCUT2D eigenvalue weighted by Gasteiger charge is -2.32. The number of anilines is 1. The number of aromatic nitrogens is 3. The van der Waals surface area contributed by atoms with Crippen LogP contribution in [0.3, 0.4) is 0 Å². The number of nitrogens with zero attached hydrogens (tertiary/aromatic N) is 5. The molecular formula is C26H24F4N6OS. The van der Waals surface area contributed by atoms with Gasteiger partial charge in [0.25, 0.3) is 0 Å². The Morgan fingerprint density at radius 2 is 2.00 bits per heavy atom. The number of likely N-dealkylation sites (tertiary alicyclic amines) is 1. The highest BCUT2D eigenvalue weighted by Gasteiger charge is 2.29. The Labute approximate surface area is 219 Å². The fraction of sp³-hybridized carbons (Fsp3) is 0.385. The second kappa shape index (κ2) is 10.3. The van der Waals surface area contributed by atoms with E-state index in [9.17, 15) is 27.6 Å². The van der Waals surface area contributed by atoms with Crippen LogP contribution in [-0.4, -0.2) is 50.5 Å². The van der Waals surface area contributed by atoms with E-state index in [1.165, 1.54) is 12.4 Å². The molecule has 1 aliphatic rings. The molecule has 38 heavy (non-hydrogen) atoms. The third-order valence-electron chi connectivity index (χ3n) is 6.67. The van der Waals surface area contributed by atoms with Crippen LogP contribution in [0.2, 0.25) is 0 Å². The van der Waals surface area contributed by atoms with Crippen molar-refractivity contribution < 1.29 is 22.4 Å². The van der Waals surface area contributed by atoms with E-state index in [0.717, 1.165) is 54.3 Å². The Kier molecular flexibility index (Phi) is 7.07. The van der Waals surface area contributed by atoms with E-state index in [1.807, 2.05) is 18.2 Å². The summed E-state index contributed by atoms with van der Waals surface area (Å²) in [7, 11) is 0. The molecule has 1 aliphatic heterocycles. The Bertz CT molecular complexity index is 1530. The number of piperidine rings is 1. The maximum atomic E-state index is 14.5. The first-order valence-electron chi connectivity index (χ1n) is 12.1. The molecule has 0 spiro atoms. The molecule has 0 saturated carbocycles. The van der Waals surface area contributed by atoms with Crippen molar-refractivity contribution in [2.24, 2.45) is 0 Å². The van der Waals surface area contributed by atoms with Gasteiger partial charge in [-0.15, -0.1) is 11.3 Å². The maximum Gasteiger partial charge on any atom is 0.393 e. The monoisotopic (exact) mass is 544 g/mol. The van der Waals surface area contributed by atoms with Crippen LogP contribution in [0, 0.1) is 11.3 Å². The van der Waals surface area contributed by atoms with Crippen LogP contribution in [-0.2, 0) is 17.8 Å². The lowest BCUT2D eigenvalue weighted by atomic mass is 10.0. The summed E-state index contributed by atoms with van der Waals surface area (Å²) >= 11 is 1.03. The SMILES string of the molecule is CC(=O)C(F)n1c(C#N)cc2cc(CN3CCC(Nc4ncnc5sc(CC(F)(F)F)cc45)CC3)ccc21. The van der Waals surface area contributed by atoms with E-state index in [-0.39, 0.29) is 16.6 Å². The number of carbonyl (C=O) groups excluding carboxylic acids is 1. The second-order valence-corrected chi connectivity index (χ2v) is 10.6. The minimum Gasteiger partial charge on any atom is -0.367 e. The zero-order valence-corrected chi connectivity index (χ0v) is 21.2. The minimum absolute atomic E-state index is 0.0988. The molecule has 0 bridgehead atoms. The van der Waals surface area contributed by atoms with Gasteiger partial charge >= 0.3 is 6.18 Å². The molecular weight excluding hydrogens is 520 g/mol. The predicted octanol–water partition coefficient (Wildman–Crippen LogP) is 5.76. The molecule has 0 radical (unpaired) electrons. The molecule has 198 valence electrons. The zero-order chi connectivity index (χ0) is 27.0. The lowest BCUT2D eigenvalue weighted by Crippen LogP contribution is -2.38. The normalized spacial score (nSPS) is 16.1. The van der Waals surface area contributed by atoms with Gasteiger partial charge in [0.15, 0.2) is 5.78 Å². The van der Waals surface area contributed by atoms with Crippen LogP contribution < -0.4 is 5.32 Å². The van der Waals surface area contributed by atoms with Gasteiger partial charge in [0.05, 0.1) is 17.3 Å². The molecule has 1 aromatic carbocycles. The first kappa shape index (κ1) is 26.1. The Balaban J connectivity index is 1.23. The number of alkyl halides is 4. The van der Waals surface area contributed by atoms with Crippen LogP contribution in [0.4, 0.5) is 23.4 Å². The number of rotatable bonds is 7. The van der Waals surface area contributed by atoms with Gasteiger partial charge in [0.2, 0.25) is 6.30 Å². The van der Waals surface area contributed by atoms with Gasteiger partial charge < -0.3 is 5.32 Å². The number of fused-ring (bicyclic) bond motifs is 2. The van der Waals surface area contributed by atoms with E-state index in [0.29, 0.717) is 33.5 Å². The number of hydrogen-bond acceptors (Lipinski definition) is 7. The maximum absolute atomic E-state index is 14.5. The highest BCUT2D eigenvalue weighted by molar-refractivity contribution is 7.18. The van der Waals surface area contributed by atoms with Crippen molar-refractivity contribution in [2.75, 3.05) is 18.4 Å². The van der Waals surface area contributed by atoms with Crippen LogP contribution in [0.5, 0.6) is 0 Å². The van der Waals surface area contributed by atoms with Gasteiger partial charge in [-0.05, 0) is 49.6 Å². The lowest BCUT2D eigenvalue weighted by molar-refractivity contribution is -0.126. The molecule has 0 aliphatic carbocycles. The Morgan fingerprint density at radius 3 is 2.68 bits per heavy atom. The Hall–Kier alpha value is -3.56. The topological polar surface area (TPSA) is 86.8 Å². The van der Waals surface area contributed by atoms with Gasteiger partial charge in [-0.2, -0.15) is 18.4 Å². The number of nitrogens with one attached hydrogen (secondary N) is 1. The third kappa shape index (κ3) is 5.49. The van der Waals surface area contributed by atoms with E-state index in [2.05, 4.69) is 20.2 Å². The van der Waals surface area contributed by atoms with Crippen LogP contribution in [0.25, 0.3) is 21.1 Å². The largest absolute Gasteiger partial charge is 0.393 e. The first-order chi connectivity index (χ1) is 18.1. The second-order valence-electron chi connectivity index (χ2n) is 9.49. The van der Waals surface area contributed by atoms with Crippen LogP contribution >= 0.6 is 11.3 Å². The number of thiophene rings is 1. The summed E-state index contributed by atoms with van der Waals surface area (Å²) in [6.45, 7) is 3.43. The molecule has 7 nitrogen and oxygen atoms in total. The van der Waals surface area contributed by atoms with Gasteiger partial charge in [0, 0.05) is 35.9 Å². The third-order valence-corrected chi connectivity index (χ3v) is 7.71. The van der Waals surface area contributed by atoms with Gasteiger partial charge in [-0.1, -0.05) is 6.07 Å². The molecule has 12 heteroatoms. The molecule has 1 fully saturated rings. The first-order valence-corrected chi connectivity index (χ1v) is 12.9. The molecule has 1 saturated heterocycles. The van der Waals surface area contributed by atoms with Crippen molar-refractivity contribution in [3.63, 3.8) is 0 Å². The minimum atomic E-state index is -4.27. The summed E-state index contributed by atoms with van der Waals surface area (Å²) < 4.78 is 54.1. The molecule has 1 unspecified atom stereocenters. The standard InChI is InChI=1S/C26H24F4N6OS/c1-15(37)23(27)36-19(12-31)9-17-8-16(2-3-22(17)36)13-35-6-4-18(5-7-35)34-24-21-10-20(11-26(28,29)30)38-25(21)33-14-32-24/h2-3,8-10,14,18,23H,4-7,11,13H2,1H3,(H,32,33,34). The molecule has 0 amide bonds. The predicted molar refractivity (Wildman–Crippen MR) is 137 cm³/mol. The summed E-state index contributed by atoms with van der Waals surface area (Å²) in [5, 5.41) is 14.1. The fourth-order valence-corrected chi connectivity index (χ4v) is 5.91. The number of nitriles is 1. The summed E-state index contributed by atoms with van der Waals surface area (Å²) in [6.07, 6.45) is -4.14. The number of carbonyl (C=O) groups is 1. The molecule has 3 aromatic heterocycles. The summed E-state index contributed by atoms with van der Waals surface area (Å²) in [6, 6.07) is 10.7. The number of halogens is 4. The quantitative estimate of drug-likeness (QED) is 0.298. The van der Waals surface area contributed by atoms with Gasteiger partial charge in [0.1, 0.15) is 28.7 Å². The average Bonchev–Trinajstić information content (AvgIpc) is 3.44. The molecule has 4 aromatic rings. The summed E-state index contributed by atoms with van der Waals surface area (Å²) in [4.78, 5) is 23.0. The highest BCUT2D eigenvalue weighted by Crippen LogP contribution is 2.33. The number of Topliss-reactive ketones (excluding diaryl/α,β-unsaturated/α-hetero) is 1. The van der Waals surface area contributed by atoms with Crippen LogP contribution in [0.1, 0.15) is 42.2 Å². The van der Waals surface area contributed by atoms with E-state index in [1.54, 1.807) is 12.1 Å². The van der Waals surface area contributed by atoms with Gasteiger partial charge in [-0.25, -0.2) is 14.4 Å². The van der Waals surface area contributed by atoms with Crippen molar-refractivity contribution in [1.82, 2.24) is 19.4 Å². The smallest absolute Gasteiger partial charge is 0.367 e. The van der Waals surface area contributed by atoms with E-state index >= 15 is 0 Å². The van der Waals surface area contributed by atoms with Crippen molar-refractivity contribution in [3.05, 3.63) is 52.8 Å². The highest BCUT2D eigenvalue weighted by atomic mass is 32.1. The molecule has 1 atom stereocenters. The fourth-order valence-electron chi connectivity index (χ4n) is 4.89. The average molecular weight is 545 g/mol.